The van der Waals surface area contributed by atoms with Crippen LogP contribution in [0.15, 0.2) is 95.2 Å². The van der Waals surface area contributed by atoms with Crippen LogP contribution in [0.4, 0.5) is 5.69 Å². The number of rotatable bonds is 8. The lowest BCUT2D eigenvalue weighted by Crippen LogP contribution is -2.17. The Hall–Kier alpha value is -3.62. The van der Waals surface area contributed by atoms with Crippen molar-refractivity contribution in [1.29, 1.82) is 0 Å². The van der Waals surface area contributed by atoms with Crippen LogP contribution in [0, 0.1) is 0 Å². The fourth-order valence-electron chi connectivity index (χ4n) is 3.29. The molecule has 0 spiro atoms. The summed E-state index contributed by atoms with van der Waals surface area (Å²) in [7, 11) is 0. The largest absolute Gasteiger partial charge is 0.461 e. The molecule has 7 nitrogen and oxygen atoms in total. The minimum absolute atomic E-state index is 0.112. The Morgan fingerprint density at radius 2 is 1.66 bits per heavy atom. The molecule has 1 N–H and O–H groups in total. The van der Waals surface area contributed by atoms with E-state index in [0.717, 1.165) is 29.7 Å². The van der Waals surface area contributed by atoms with Gasteiger partial charge in [0.05, 0.1) is 12.3 Å². The number of hydrazone groups is 1. The molecular weight excluding hydrogens is 482 g/mol. The first-order valence-corrected chi connectivity index (χ1v) is 12.3. The molecule has 0 bridgehead atoms. The first-order chi connectivity index (χ1) is 17.1. The molecule has 3 aromatic carbocycles. The number of ether oxygens (including phenoxy) is 1. The molecule has 0 unspecified atom stereocenters. The smallest absolute Gasteiger partial charge is 0.365 e. The number of aryl methyl sites for hydroxylation is 2. The summed E-state index contributed by atoms with van der Waals surface area (Å²) in [5.41, 5.74) is 5.69. The molecule has 0 atom stereocenters. The van der Waals surface area contributed by atoms with Gasteiger partial charge in [0, 0.05) is 17.1 Å². The highest BCUT2D eigenvalue weighted by molar-refractivity contribution is 8.15. The third-order valence-electron chi connectivity index (χ3n) is 4.96. The summed E-state index contributed by atoms with van der Waals surface area (Å²) in [5.74, 6) is 0.240. The molecule has 0 aliphatic heterocycles. The molecule has 0 saturated heterocycles. The van der Waals surface area contributed by atoms with Gasteiger partial charge >= 0.3 is 5.97 Å². The molecule has 0 aliphatic carbocycles. The predicted octanol–water partition coefficient (Wildman–Crippen LogP) is 5.79. The van der Waals surface area contributed by atoms with Crippen LogP contribution in [0.1, 0.15) is 18.3 Å². The number of nitrogens with zero attached hydrogens (tertiary/aromatic N) is 4. The van der Waals surface area contributed by atoms with E-state index in [0.29, 0.717) is 22.3 Å². The van der Waals surface area contributed by atoms with Gasteiger partial charge in [0.2, 0.25) is 10.2 Å². The number of aromatic nitrogens is 3. The second-order valence-corrected chi connectivity index (χ2v) is 8.81. The van der Waals surface area contributed by atoms with E-state index in [1.807, 2.05) is 53.1 Å². The number of halogens is 1. The fourth-order valence-corrected chi connectivity index (χ4v) is 4.21. The molecule has 0 fully saturated rings. The second-order valence-electron chi connectivity index (χ2n) is 7.41. The summed E-state index contributed by atoms with van der Waals surface area (Å²) in [6.45, 7) is 1.98. The maximum absolute atomic E-state index is 12.7. The maximum atomic E-state index is 12.7. The minimum atomic E-state index is -0.549. The SMILES string of the molecule is CCOC(=O)/C(=N/Nc1ccc(Cl)cc1)Sc1nnc(CCc2ccccc2)n1-c1ccccc1. The Morgan fingerprint density at radius 3 is 2.34 bits per heavy atom. The van der Waals surface area contributed by atoms with Gasteiger partial charge in [-0.3, -0.25) is 9.99 Å². The van der Waals surface area contributed by atoms with Crippen LogP contribution in [-0.4, -0.2) is 32.4 Å². The molecule has 0 radical (unpaired) electrons. The zero-order valence-electron chi connectivity index (χ0n) is 19.1. The highest BCUT2D eigenvalue weighted by Crippen LogP contribution is 2.25. The molecule has 35 heavy (non-hydrogen) atoms. The van der Waals surface area contributed by atoms with E-state index in [4.69, 9.17) is 16.3 Å². The average molecular weight is 506 g/mol. The van der Waals surface area contributed by atoms with Crippen molar-refractivity contribution in [2.45, 2.75) is 24.9 Å². The van der Waals surface area contributed by atoms with E-state index in [-0.39, 0.29) is 11.7 Å². The van der Waals surface area contributed by atoms with Crippen LogP contribution in [-0.2, 0) is 22.4 Å². The minimum Gasteiger partial charge on any atom is -0.461 e. The summed E-state index contributed by atoms with van der Waals surface area (Å²) in [6, 6.07) is 27.1. The van der Waals surface area contributed by atoms with Gasteiger partial charge in [-0.05, 0) is 67.1 Å². The highest BCUT2D eigenvalue weighted by Gasteiger charge is 2.22. The van der Waals surface area contributed by atoms with Crippen LogP contribution < -0.4 is 5.43 Å². The van der Waals surface area contributed by atoms with Crippen molar-refractivity contribution in [3.05, 3.63) is 101 Å². The summed E-state index contributed by atoms with van der Waals surface area (Å²) in [4.78, 5) is 12.7. The normalized spacial score (nSPS) is 11.3. The second kappa shape index (κ2) is 12.2. The van der Waals surface area contributed by atoms with Crippen molar-refractivity contribution in [3.63, 3.8) is 0 Å². The molecule has 4 aromatic rings. The molecule has 1 heterocycles. The van der Waals surface area contributed by atoms with Gasteiger partial charge in [-0.2, -0.15) is 5.10 Å². The van der Waals surface area contributed by atoms with Crippen LogP contribution in [0.3, 0.4) is 0 Å². The molecule has 0 saturated carbocycles. The number of thioether (sulfide) groups is 1. The van der Waals surface area contributed by atoms with E-state index < -0.39 is 5.97 Å². The Labute approximate surface area is 213 Å². The Kier molecular flexibility index (Phi) is 8.53. The van der Waals surface area contributed by atoms with Gasteiger partial charge in [-0.15, -0.1) is 10.2 Å². The topological polar surface area (TPSA) is 81.4 Å². The van der Waals surface area contributed by atoms with Gasteiger partial charge < -0.3 is 4.74 Å². The molecule has 0 aliphatic rings. The predicted molar refractivity (Wildman–Crippen MR) is 140 cm³/mol. The number of anilines is 1. The van der Waals surface area contributed by atoms with E-state index in [2.05, 4.69) is 32.9 Å². The number of nitrogens with one attached hydrogen (secondary N) is 1. The number of hydrogen-bond acceptors (Lipinski definition) is 7. The van der Waals surface area contributed by atoms with Crippen LogP contribution in [0.25, 0.3) is 5.69 Å². The van der Waals surface area contributed by atoms with Crippen LogP contribution in [0.5, 0.6) is 0 Å². The van der Waals surface area contributed by atoms with Gasteiger partial charge in [0.1, 0.15) is 5.82 Å². The van der Waals surface area contributed by atoms with Crippen molar-refractivity contribution in [2.75, 3.05) is 12.0 Å². The van der Waals surface area contributed by atoms with Crippen molar-refractivity contribution in [2.24, 2.45) is 5.10 Å². The molecule has 1 aromatic heterocycles. The summed E-state index contributed by atoms with van der Waals surface area (Å²) >= 11 is 7.06. The number of carbonyl (C=O) groups is 1. The Bertz CT molecular complexity index is 1280. The summed E-state index contributed by atoms with van der Waals surface area (Å²) in [6.07, 6.45) is 1.49. The zero-order chi connectivity index (χ0) is 24.5. The highest BCUT2D eigenvalue weighted by atomic mass is 35.5. The lowest BCUT2D eigenvalue weighted by atomic mass is 10.1. The van der Waals surface area contributed by atoms with E-state index in [9.17, 15) is 4.79 Å². The van der Waals surface area contributed by atoms with Gasteiger partial charge in [0.25, 0.3) is 0 Å². The fraction of sp³-hybridized carbons (Fsp3) is 0.154. The van der Waals surface area contributed by atoms with Gasteiger partial charge in [-0.1, -0.05) is 60.1 Å². The quantitative estimate of drug-likeness (QED) is 0.107. The number of para-hydroxylation sites is 1. The monoisotopic (exact) mass is 505 g/mol. The number of esters is 1. The zero-order valence-corrected chi connectivity index (χ0v) is 20.7. The maximum Gasteiger partial charge on any atom is 0.365 e. The lowest BCUT2D eigenvalue weighted by Gasteiger charge is -2.11. The third kappa shape index (κ3) is 6.71. The molecule has 4 rings (SSSR count). The molecular formula is C26H24ClN5O2S. The van der Waals surface area contributed by atoms with Crippen molar-refractivity contribution >= 4 is 40.1 Å². The molecule has 9 heteroatoms. The first-order valence-electron chi connectivity index (χ1n) is 11.1. The average Bonchev–Trinajstić information content (AvgIpc) is 3.30. The van der Waals surface area contributed by atoms with Crippen molar-refractivity contribution in [3.8, 4) is 5.69 Å². The van der Waals surface area contributed by atoms with Gasteiger partial charge in [0.15, 0.2) is 0 Å². The third-order valence-corrected chi connectivity index (χ3v) is 6.11. The Balaban J connectivity index is 1.63. The van der Waals surface area contributed by atoms with Crippen LogP contribution in [0.2, 0.25) is 5.02 Å². The van der Waals surface area contributed by atoms with Gasteiger partial charge in [-0.25, -0.2) is 4.79 Å². The number of benzene rings is 3. The van der Waals surface area contributed by atoms with Crippen LogP contribution >= 0.6 is 23.4 Å². The Morgan fingerprint density at radius 1 is 0.971 bits per heavy atom. The number of carbonyl (C=O) groups excluding carboxylic acids is 1. The van der Waals surface area contributed by atoms with Crippen molar-refractivity contribution in [1.82, 2.24) is 14.8 Å². The number of hydrogen-bond donors (Lipinski definition) is 1. The lowest BCUT2D eigenvalue weighted by molar-refractivity contribution is -0.134. The van der Waals surface area contributed by atoms with E-state index in [1.54, 1.807) is 31.2 Å². The summed E-state index contributed by atoms with van der Waals surface area (Å²) < 4.78 is 7.18. The molecule has 178 valence electrons. The van der Waals surface area contributed by atoms with Crippen molar-refractivity contribution < 1.29 is 9.53 Å². The molecule has 0 amide bonds. The first kappa shape index (κ1) is 24.5. The van der Waals surface area contributed by atoms with E-state index >= 15 is 0 Å². The summed E-state index contributed by atoms with van der Waals surface area (Å²) in [5, 5.41) is 14.4. The standard InChI is InChI=1S/C26H24ClN5O2S/c1-2-34-25(33)24(30-28-21-16-14-20(27)15-17-21)35-26-31-29-23(18-13-19-9-5-3-6-10-19)32(26)22-11-7-4-8-12-22/h3-12,14-17,28H,2,13,18H2,1H3/b30-24-. The van der Waals surface area contributed by atoms with E-state index in [1.165, 1.54) is 5.56 Å².